The van der Waals surface area contributed by atoms with Gasteiger partial charge >= 0.3 is 6.18 Å². The number of carbonyl (C=O) groups excluding carboxylic acids is 2. The number of likely N-dealkylation sites (tertiary alicyclic amines) is 1. The van der Waals surface area contributed by atoms with Gasteiger partial charge in [0, 0.05) is 74.5 Å². The van der Waals surface area contributed by atoms with Gasteiger partial charge in [-0.3, -0.25) is 9.59 Å². The Balaban J connectivity index is 1.28. The molecule has 13 heteroatoms. The van der Waals surface area contributed by atoms with Gasteiger partial charge in [-0.25, -0.2) is 4.98 Å². The van der Waals surface area contributed by atoms with Crippen LogP contribution < -0.4 is 20.3 Å². The number of benzene rings is 2. The van der Waals surface area contributed by atoms with Crippen molar-refractivity contribution in [2.24, 2.45) is 0 Å². The van der Waals surface area contributed by atoms with Gasteiger partial charge in [-0.15, -0.1) is 0 Å². The summed E-state index contributed by atoms with van der Waals surface area (Å²) in [6.45, 7) is 8.72. The monoisotopic (exact) mass is 609 g/mol. The Morgan fingerprint density at radius 2 is 1.84 bits per heavy atom. The summed E-state index contributed by atoms with van der Waals surface area (Å²) < 4.78 is 48.1. The molecule has 3 heterocycles. The predicted octanol–water partition coefficient (Wildman–Crippen LogP) is 4.80. The molecule has 2 N–H and O–H groups in total. The van der Waals surface area contributed by atoms with E-state index in [0.717, 1.165) is 18.1 Å². The van der Waals surface area contributed by atoms with Gasteiger partial charge in [0.1, 0.15) is 5.75 Å². The van der Waals surface area contributed by atoms with Gasteiger partial charge in [-0.1, -0.05) is 12.6 Å². The Hall–Kier alpha value is -4.65. The maximum atomic E-state index is 14.0. The van der Waals surface area contributed by atoms with Crippen molar-refractivity contribution in [3.05, 3.63) is 78.0 Å². The summed E-state index contributed by atoms with van der Waals surface area (Å²) in [5.41, 5.74) is 0.269. The molecule has 1 unspecified atom stereocenters. The highest BCUT2D eigenvalue weighted by Gasteiger charge is 2.36. The van der Waals surface area contributed by atoms with Crippen molar-refractivity contribution in [3.8, 4) is 11.6 Å². The minimum Gasteiger partial charge on any atom is -0.439 e. The summed E-state index contributed by atoms with van der Waals surface area (Å²) in [6, 6.07) is 10.2. The second-order valence-electron chi connectivity index (χ2n) is 10.9. The van der Waals surface area contributed by atoms with E-state index in [0.29, 0.717) is 51.0 Å². The Labute approximate surface area is 253 Å². The normalized spacial score (nSPS) is 17.3. The first-order valence-corrected chi connectivity index (χ1v) is 14.3. The molecule has 3 aromatic rings. The zero-order valence-corrected chi connectivity index (χ0v) is 24.5. The van der Waals surface area contributed by atoms with Crippen molar-refractivity contribution in [2.45, 2.75) is 25.6 Å². The number of hydrogen-bond acceptors (Lipinski definition) is 8. The van der Waals surface area contributed by atoms with E-state index in [9.17, 15) is 22.8 Å². The van der Waals surface area contributed by atoms with Crippen LogP contribution in [0.3, 0.4) is 0 Å². The van der Waals surface area contributed by atoms with Gasteiger partial charge in [0.15, 0.2) is 0 Å². The third-order valence-electron chi connectivity index (χ3n) is 7.71. The van der Waals surface area contributed by atoms with Crippen molar-refractivity contribution in [2.75, 3.05) is 61.8 Å². The Morgan fingerprint density at radius 1 is 1.07 bits per heavy atom. The standard InChI is InChI=1S/C31H34F3N7O3/c1-4-28(42)41-12-10-23(19-41)37-30-35-11-9-27(38-30)44-26-17-21(6-5-20(26)2)29(43)36-22-7-8-25(24(18-22)31(32,33)34)40-15-13-39(3)14-16-40/h4-9,11,17-18,23H,1,10,12-16,19H2,2-3H3,(H,36,43)(H,35,37,38). The summed E-state index contributed by atoms with van der Waals surface area (Å²) >= 11 is 0. The molecule has 10 nitrogen and oxygen atoms in total. The average molecular weight is 610 g/mol. The van der Waals surface area contributed by atoms with Crippen LogP contribution in [0.4, 0.5) is 30.5 Å². The van der Waals surface area contributed by atoms with E-state index in [1.807, 2.05) is 7.05 Å². The van der Waals surface area contributed by atoms with Gasteiger partial charge in [0.2, 0.25) is 17.7 Å². The van der Waals surface area contributed by atoms with E-state index in [1.165, 1.54) is 30.5 Å². The number of hydrogen-bond donors (Lipinski definition) is 2. The third kappa shape index (κ3) is 7.28. The fraction of sp³-hybridized carbons (Fsp3) is 0.355. The number of piperazine rings is 1. The van der Waals surface area contributed by atoms with Crippen molar-refractivity contribution in [1.29, 1.82) is 0 Å². The molecular weight excluding hydrogens is 575 g/mol. The first-order valence-electron chi connectivity index (χ1n) is 14.3. The summed E-state index contributed by atoms with van der Waals surface area (Å²) in [6.07, 6.45) is -1.04. The molecule has 0 bridgehead atoms. The lowest BCUT2D eigenvalue weighted by Crippen LogP contribution is -2.45. The maximum Gasteiger partial charge on any atom is 0.418 e. The van der Waals surface area contributed by atoms with Crippen molar-refractivity contribution >= 4 is 29.1 Å². The van der Waals surface area contributed by atoms with Crippen LogP contribution in [0.25, 0.3) is 0 Å². The lowest BCUT2D eigenvalue weighted by Gasteiger charge is -2.35. The van der Waals surface area contributed by atoms with Gasteiger partial charge in [0.25, 0.3) is 5.91 Å². The SMILES string of the molecule is C=CC(=O)N1CCC(Nc2nccc(Oc3cc(C(=O)Nc4ccc(N5CCN(C)CC5)c(C(F)(F)F)c4)ccc3C)n2)C1. The van der Waals surface area contributed by atoms with Crippen LogP contribution in [0.2, 0.25) is 0 Å². The zero-order chi connectivity index (χ0) is 31.4. The van der Waals surface area contributed by atoms with Crippen LogP contribution in [0.15, 0.2) is 61.3 Å². The van der Waals surface area contributed by atoms with Crippen LogP contribution in [-0.4, -0.2) is 83.9 Å². The first-order chi connectivity index (χ1) is 21.0. The maximum absolute atomic E-state index is 14.0. The molecule has 0 saturated carbocycles. The molecule has 44 heavy (non-hydrogen) atoms. The van der Waals surface area contributed by atoms with Gasteiger partial charge in [0.05, 0.1) is 5.56 Å². The second-order valence-corrected chi connectivity index (χ2v) is 10.9. The molecule has 232 valence electrons. The van der Waals surface area contributed by atoms with E-state index in [-0.39, 0.29) is 34.8 Å². The highest BCUT2D eigenvalue weighted by atomic mass is 19.4. The van der Waals surface area contributed by atoms with Crippen molar-refractivity contribution in [1.82, 2.24) is 19.8 Å². The highest BCUT2D eigenvalue weighted by molar-refractivity contribution is 6.04. The number of ether oxygens (including phenoxy) is 1. The average Bonchev–Trinajstić information content (AvgIpc) is 3.46. The Kier molecular flexibility index (Phi) is 9.04. The molecule has 2 aromatic carbocycles. The molecule has 2 aliphatic rings. The highest BCUT2D eigenvalue weighted by Crippen LogP contribution is 2.39. The summed E-state index contributed by atoms with van der Waals surface area (Å²) in [5.74, 6) is 0.199. The van der Waals surface area contributed by atoms with Crippen LogP contribution >= 0.6 is 0 Å². The number of amides is 2. The van der Waals surface area contributed by atoms with Crippen molar-refractivity contribution < 1.29 is 27.5 Å². The second kappa shape index (κ2) is 12.9. The van der Waals surface area contributed by atoms with Crippen LogP contribution in [0.5, 0.6) is 11.6 Å². The number of aromatic nitrogens is 2. The molecule has 0 aliphatic carbocycles. The summed E-state index contributed by atoms with van der Waals surface area (Å²) in [5, 5.41) is 5.80. The molecule has 2 amide bonds. The number of likely N-dealkylation sites (N-methyl/N-ethyl adjacent to an activating group) is 1. The number of nitrogens with zero attached hydrogens (tertiary/aromatic N) is 5. The largest absolute Gasteiger partial charge is 0.439 e. The number of rotatable bonds is 8. The molecule has 5 rings (SSSR count). The minimum atomic E-state index is -4.59. The summed E-state index contributed by atoms with van der Waals surface area (Å²) in [7, 11) is 1.94. The van der Waals surface area contributed by atoms with Crippen LogP contribution in [0, 0.1) is 6.92 Å². The van der Waals surface area contributed by atoms with Crippen LogP contribution in [0.1, 0.15) is 27.9 Å². The summed E-state index contributed by atoms with van der Waals surface area (Å²) in [4.78, 5) is 39.1. The van der Waals surface area contributed by atoms with Crippen LogP contribution in [-0.2, 0) is 11.0 Å². The minimum absolute atomic E-state index is 0.0311. The number of alkyl halides is 3. The fourth-order valence-corrected chi connectivity index (χ4v) is 5.19. The van der Waals surface area contributed by atoms with E-state index in [1.54, 1.807) is 34.9 Å². The Bertz CT molecular complexity index is 1540. The van der Waals surface area contributed by atoms with E-state index in [2.05, 4.69) is 32.1 Å². The van der Waals surface area contributed by atoms with E-state index in [4.69, 9.17) is 4.74 Å². The number of anilines is 3. The quantitative estimate of drug-likeness (QED) is 0.352. The molecule has 1 atom stereocenters. The van der Waals surface area contributed by atoms with Crippen molar-refractivity contribution in [3.63, 3.8) is 0 Å². The zero-order valence-electron chi connectivity index (χ0n) is 24.5. The molecule has 0 radical (unpaired) electrons. The van der Waals surface area contributed by atoms with Gasteiger partial charge < -0.3 is 30.1 Å². The lowest BCUT2D eigenvalue weighted by atomic mass is 10.1. The Morgan fingerprint density at radius 3 is 2.57 bits per heavy atom. The topological polar surface area (TPSA) is 103 Å². The molecule has 2 saturated heterocycles. The molecule has 1 aromatic heterocycles. The molecular formula is C31H34F3N7O3. The van der Waals surface area contributed by atoms with E-state index >= 15 is 0 Å². The predicted molar refractivity (Wildman–Crippen MR) is 161 cm³/mol. The molecule has 2 fully saturated rings. The number of aryl methyl sites for hydroxylation is 1. The van der Waals surface area contributed by atoms with Gasteiger partial charge in [-0.05, 0) is 62.4 Å². The lowest BCUT2D eigenvalue weighted by molar-refractivity contribution is -0.137. The number of nitrogens with one attached hydrogen (secondary N) is 2. The number of halogens is 3. The fourth-order valence-electron chi connectivity index (χ4n) is 5.19. The van der Waals surface area contributed by atoms with Gasteiger partial charge in [-0.2, -0.15) is 18.2 Å². The molecule has 0 spiro atoms. The molecule has 2 aliphatic heterocycles. The smallest absolute Gasteiger partial charge is 0.418 e. The first kappa shape index (κ1) is 30.8. The third-order valence-corrected chi connectivity index (χ3v) is 7.71. The number of carbonyl (C=O) groups is 2. The van der Waals surface area contributed by atoms with E-state index < -0.39 is 17.6 Å².